The number of hydrogen-bond acceptors (Lipinski definition) is 5. The normalized spacial score (nSPS) is 13.2. The molecule has 1 atom stereocenters. The minimum absolute atomic E-state index is 0.202. The lowest BCUT2D eigenvalue weighted by Crippen LogP contribution is -2.31. The molecule has 27 heavy (non-hydrogen) atoms. The fraction of sp³-hybridized carbons (Fsp3) is 0.211. The summed E-state index contributed by atoms with van der Waals surface area (Å²) in [5, 5.41) is 15.9. The number of ether oxygens (including phenoxy) is 1. The molecule has 0 fully saturated rings. The Kier molecular flexibility index (Phi) is 5.79. The number of rotatable bonds is 6. The van der Waals surface area contributed by atoms with Crippen LogP contribution in [0.15, 0.2) is 55.1 Å². The van der Waals surface area contributed by atoms with Crippen molar-refractivity contribution >= 4 is 29.2 Å². The minimum Gasteiger partial charge on any atom is -0.423 e. The Balaban J connectivity index is 1.80. The molecule has 0 aliphatic carbocycles. The van der Waals surface area contributed by atoms with Crippen LogP contribution in [0.2, 0.25) is 10.0 Å². The molecule has 0 aliphatic rings. The van der Waals surface area contributed by atoms with E-state index in [2.05, 4.69) is 10.1 Å². The van der Waals surface area contributed by atoms with E-state index in [9.17, 15) is 9.90 Å². The van der Waals surface area contributed by atoms with Crippen molar-refractivity contribution in [3.05, 3.63) is 76.3 Å². The molecule has 3 rings (SSSR count). The van der Waals surface area contributed by atoms with Crippen LogP contribution in [0.25, 0.3) is 0 Å². The number of carbonyl (C=O) groups is 1. The van der Waals surface area contributed by atoms with Crippen molar-refractivity contribution in [3.8, 4) is 5.75 Å². The molecule has 140 valence electrons. The molecule has 0 bridgehead atoms. The Morgan fingerprint density at radius 3 is 2.56 bits per heavy atom. The maximum atomic E-state index is 12.2. The van der Waals surface area contributed by atoms with Gasteiger partial charge in [0.05, 0.1) is 17.1 Å². The molecule has 1 aromatic heterocycles. The average Bonchev–Trinajstić information content (AvgIpc) is 3.15. The molecular weight excluding hydrogens is 389 g/mol. The zero-order chi connectivity index (χ0) is 19.4. The molecular formula is C19H17Cl2N3O3. The monoisotopic (exact) mass is 405 g/mol. The Bertz CT molecular complexity index is 930. The van der Waals surface area contributed by atoms with E-state index in [1.165, 1.54) is 23.4 Å². The van der Waals surface area contributed by atoms with Crippen LogP contribution in [0.1, 0.15) is 29.3 Å². The van der Waals surface area contributed by atoms with Gasteiger partial charge in [-0.25, -0.2) is 14.5 Å². The first kappa shape index (κ1) is 19.4. The predicted octanol–water partition coefficient (Wildman–Crippen LogP) is 4.10. The van der Waals surface area contributed by atoms with Crippen LogP contribution in [-0.2, 0) is 12.1 Å². The summed E-state index contributed by atoms with van der Waals surface area (Å²) in [6.45, 7) is 2.05. The van der Waals surface area contributed by atoms with E-state index < -0.39 is 11.6 Å². The summed E-state index contributed by atoms with van der Waals surface area (Å²) >= 11 is 12.2. The van der Waals surface area contributed by atoms with Gasteiger partial charge in [0.2, 0.25) is 0 Å². The van der Waals surface area contributed by atoms with E-state index >= 15 is 0 Å². The Morgan fingerprint density at radius 1 is 1.22 bits per heavy atom. The molecule has 1 heterocycles. The molecule has 1 unspecified atom stereocenters. The van der Waals surface area contributed by atoms with Gasteiger partial charge in [0, 0.05) is 10.6 Å². The van der Waals surface area contributed by atoms with Crippen LogP contribution >= 0.6 is 23.2 Å². The van der Waals surface area contributed by atoms with Gasteiger partial charge in [-0.1, -0.05) is 36.2 Å². The van der Waals surface area contributed by atoms with Gasteiger partial charge < -0.3 is 9.84 Å². The van der Waals surface area contributed by atoms with Gasteiger partial charge in [0.25, 0.3) is 0 Å². The summed E-state index contributed by atoms with van der Waals surface area (Å²) in [6.07, 6.45) is 3.34. The number of aliphatic hydroxyl groups is 1. The molecule has 0 aliphatic heterocycles. The Morgan fingerprint density at radius 2 is 1.96 bits per heavy atom. The number of halogens is 2. The molecule has 2 aromatic carbocycles. The highest BCUT2D eigenvalue weighted by molar-refractivity contribution is 6.31. The van der Waals surface area contributed by atoms with Crippen LogP contribution in [0.3, 0.4) is 0 Å². The van der Waals surface area contributed by atoms with E-state index in [0.29, 0.717) is 27.6 Å². The zero-order valence-electron chi connectivity index (χ0n) is 14.5. The second-order valence-electron chi connectivity index (χ2n) is 6.02. The third-order valence-corrected chi connectivity index (χ3v) is 4.77. The van der Waals surface area contributed by atoms with E-state index in [0.717, 1.165) is 0 Å². The Labute approximate surface area is 166 Å². The number of aromatic nitrogens is 3. The van der Waals surface area contributed by atoms with Crippen LogP contribution in [-0.4, -0.2) is 25.8 Å². The SMILES string of the molecule is CCC(O)(Cn1cncn1)c1ccc(OC(=O)c2ccc(Cl)cc2)cc1Cl. The van der Waals surface area contributed by atoms with Crippen LogP contribution in [0.5, 0.6) is 5.75 Å². The summed E-state index contributed by atoms with van der Waals surface area (Å²) in [4.78, 5) is 16.1. The van der Waals surface area contributed by atoms with Gasteiger partial charge in [-0.15, -0.1) is 0 Å². The van der Waals surface area contributed by atoms with E-state index in [4.69, 9.17) is 27.9 Å². The fourth-order valence-electron chi connectivity index (χ4n) is 2.66. The lowest BCUT2D eigenvalue weighted by Gasteiger charge is -2.28. The van der Waals surface area contributed by atoms with Gasteiger partial charge in [0.15, 0.2) is 0 Å². The van der Waals surface area contributed by atoms with Gasteiger partial charge in [-0.3, -0.25) is 0 Å². The molecule has 0 spiro atoms. The third-order valence-electron chi connectivity index (χ3n) is 4.21. The molecule has 1 N–H and O–H groups in total. The van der Waals surface area contributed by atoms with Crippen LogP contribution < -0.4 is 4.74 Å². The highest BCUT2D eigenvalue weighted by Crippen LogP contribution is 2.34. The summed E-state index contributed by atoms with van der Waals surface area (Å²) in [5.74, 6) is -0.244. The first-order valence-electron chi connectivity index (χ1n) is 8.24. The van der Waals surface area contributed by atoms with Crippen molar-refractivity contribution in [3.63, 3.8) is 0 Å². The zero-order valence-corrected chi connectivity index (χ0v) is 16.0. The largest absolute Gasteiger partial charge is 0.423 e. The fourth-order valence-corrected chi connectivity index (χ4v) is 3.13. The van der Waals surface area contributed by atoms with E-state index in [-0.39, 0.29) is 12.3 Å². The van der Waals surface area contributed by atoms with Crippen molar-refractivity contribution in [2.45, 2.75) is 25.5 Å². The van der Waals surface area contributed by atoms with Crippen molar-refractivity contribution in [1.29, 1.82) is 0 Å². The number of esters is 1. The summed E-state index contributed by atoms with van der Waals surface area (Å²) in [5.41, 5.74) is -0.340. The lowest BCUT2D eigenvalue weighted by atomic mass is 9.91. The van der Waals surface area contributed by atoms with Gasteiger partial charge in [0.1, 0.15) is 24.0 Å². The van der Waals surface area contributed by atoms with Gasteiger partial charge in [-0.05, 0) is 42.8 Å². The van der Waals surface area contributed by atoms with Crippen molar-refractivity contribution in [2.75, 3.05) is 0 Å². The summed E-state index contributed by atoms with van der Waals surface area (Å²) in [7, 11) is 0. The van der Waals surface area contributed by atoms with Crippen molar-refractivity contribution in [2.24, 2.45) is 0 Å². The summed E-state index contributed by atoms with van der Waals surface area (Å²) in [6, 6.07) is 11.1. The number of nitrogens with zero attached hydrogens (tertiary/aromatic N) is 3. The van der Waals surface area contributed by atoms with E-state index in [1.807, 2.05) is 6.92 Å². The maximum absolute atomic E-state index is 12.2. The smallest absolute Gasteiger partial charge is 0.343 e. The quantitative estimate of drug-likeness (QED) is 0.493. The second-order valence-corrected chi connectivity index (χ2v) is 6.86. The van der Waals surface area contributed by atoms with E-state index in [1.54, 1.807) is 36.4 Å². The third kappa shape index (κ3) is 4.47. The highest BCUT2D eigenvalue weighted by Gasteiger charge is 2.31. The standard InChI is InChI=1S/C19H17Cl2N3O3/c1-2-19(26,10-24-12-22-11-23-24)16-8-7-15(9-17(16)21)27-18(25)13-3-5-14(20)6-4-13/h3-9,11-12,26H,2,10H2,1H3. The van der Waals surface area contributed by atoms with Gasteiger partial charge in [-0.2, -0.15) is 5.10 Å². The maximum Gasteiger partial charge on any atom is 0.343 e. The molecule has 6 nitrogen and oxygen atoms in total. The Hall–Kier alpha value is -2.41. The average molecular weight is 406 g/mol. The van der Waals surface area contributed by atoms with Crippen molar-refractivity contribution in [1.82, 2.24) is 14.8 Å². The van der Waals surface area contributed by atoms with Gasteiger partial charge >= 0.3 is 5.97 Å². The molecule has 3 aromatic rings. The second kappa shape index (κ2) is 8.08. The van der Waals surface area contributed by atoms with Crippen molar-refractivity contribution < 1.29 is 14.6 Å². The highest BCUT2D eigenvalue weighted by atomic mass is 35.5. The molecule has 0 radical (unpaired) electrons. The number of carbonyl (C=O) groups excluding carboxylic acids is 1. The van der Waals surface area contributed by atoms with Crippen LogP contribution in [0.4, 0.5) is 0 Å². The first-order chi connectivity index (χ1) is 12.9. The first-order valence-corrected chi connectivity index (χ1v) is 8.99. The minimum atomic E-state index is -1.23. The summed E-state index contributed by atoms with van der Waals surface area (Å²) < 4.78 is 6.89. The molecule has 8 heteroatoms. The lowest BCUT2D eigenvalue weighted by molar-refractivity contribution is 0.0110. The topological polar surface area (TPSA) is 77.2 Å². The number of benzene rings is 2. The molecule has 0 amide bonds. The predicted molar refractivity (Wildman–Crippen MR) is 102 cm³/mol. The van der Waals surface area contributed by atoms with Crippen LogP contribution in [0, 0.1) is 0 Å². The molecule has 0 saturated carbocycles. The number of hydrogen-bond donors (Lipinski definition) is 1. The molecule has 0 saturated heterocycles.